The van der Waals surface area contributed by atoms with Crippen LogP contribution in [-0.4, -0.2) is 21.7 Å². The molecule has 0 radical (unpaired) electrons. The van der Waals surface area contributed by atoms with Crippen molar-refractivity contribution >= 4 is 22.8 Å². The lowest BCUT2D eigenvalue weighted by atomic mass is 9.94. The van der Waals surface area contributed by atoms with Gasteiger partial charge in [0.2, 0.25) is 0 Å². The van der Waals surface area contributed by atoms with Crippen LogP contribution in [-0.2, 0) is 33.8 Å². The Balaban J connectivity index is 1.33. The molecule has 0 unspecified atom stereocenters. The van der Waals surface area contributed by atoms with Crippen molar-refractivity contribution < 1.29 is 14.3 Å². The lowest BCUT2D eigenvalue weighted by molar-refractivity contribution is -0.144. The van der Waals surface area contributed by atoms with Gasteiger partial charge < -0.3 is 9.72 Å². The minimum absolute atomic E-state index is 0.0101. The number of benzene rings is 2. The zero-order chi connectivity index (χ0) is 23.5. The van der Waals surface area contributed by atoms with Gasteiger partial charge >= 0.3 is 5.97 Å². The van der Waals surface area contributed by atoms with Gasteiger partial charge in [-0.2, -0.15) is 5.26 Å². The summed E-state index contributed by atoms with van der Waals surface area (Å²) in [5, 5.41) is 10.2. The van der Waals surface area contributed by atoms with Crippen LogP contribution in [0.2, 0.25) is 0 Å². The van der Waals surface area contributed by atoms with E-state index in [2.05, 4.69) is 16.0 Å². The van der Waals surface area contributed by atoms with Crippen LogP contribution < -0.4 is 0 Å². The quantitative estimate of drug-likeness (QED) is 0.385. The average Bonchev–Trinajstić information content (AvgIpc) is 3.56. The number of nitriles is 1. The first kappa shape index (κ1) is 21.6. The summed E-state index contributed by atoms with van der Waals surface area (Å²) in [4.78, 5) is 32.6. The van der Waals surface area contributed by atoms with E-state index >= 15 is 0 Å². The Hall–Kier alpha value is -4.24. The number of esters is 1. The highest BCUT2D eigenvalue weighted by Gasteiger charge is 2.49. The van der Waals surface area contributed by atoms with Crippen molar-refractivity contribution in [2.45, 2.75) is 32.3 Å². The third-order valence-electron chi connectivity index (χ3n) is 6.28. The lowest BCUT2D eigenvalue weighted by Gasteiger charge is -2.08. The van der Waals surface area contributed by atoms with Crippen molar-refractivity contribution in [2.75, 3.05) is 0 Å². The molecular formula is C28H23N3O3. The van der Waals surface area contributed by atoms with Crippen molar-refractivity contribution in [3.8, 4) is 17.2 Å². The molecule has 34 heavy (non-hydrogen) atoms. The highest BCUT2D eigenvalue weighted by molar-refractivity contribution is 5.95. The normalized spacial score (nSPS) is 13.9. The van der Waals surface area contributed by atoms with Crippen molar-refractivity contribution in [1.29, 1.82) is 5.26 Å². The second kappa shape index (κ2) is 8.95. The fourth-order valence-electron chi connectivity index (χ4n) is 4.12. The molecule has 0 spiro atoms. The molecule has 5 rings (SSSR count). The molecule has 1 aliphatic carbocycles. The van der Waals surface area contributed by atoms with Gasteiger partial charge in [0, 0.05) is 29.8 Å². The predicted molar refractivity (Wildman–Crippen MR) is 127 cm³/mol. The Morgan fingerprint density at radius 3 is 2.56 bits per heavy atom. The van der Waals surface area contributed by atoms with E-state index in [1.165, 1.54) is 0 Å². The van der Waals surface area contributed by atoms with Crippen LogP contribution in [0.4, 0.5) is 0 Å². The molecule has 1 aliphatic rings. The zero-order valence-corrected chi connectivity index (χ0v) is 18.6. The van der Waals surface area contributed by atoms with Crippen molar-refractivity contribution in [3.63, 3.8) is 0 Å². The number of hydrogen-bond acceptors (Lipinski definition) is 5. The zero-order valence-electron chi connectivity index (χ0n) is 18.6. The molecule has 0 aliphatic heterocycles. The number of nitrogens with zero attached hydrogens (tertiary/aromatic N) is 2. The number of Topliss-reactive ketones (excluding diaryl/α,β-unsaturated/α-hetero) is 1. The van der Waals surface area contributed by atoms with Gasteiger partial charge in [-0.15, -0.1) is 0 Å². The fourth-order valence-corrected chi connectivity index (χ4v) is 4.12. The van der Waals surface area contributed by atoms with E-state index in [9.17, 15) is 14.9 Å². The molecule has 2 aromatic carbocycles. The van der Waals surface area contributed by atoms with Crippen molar-refractivity contribution in [3.05, 3.63) is 89.7 Å². The summed E-state index contributed by atoms with van der Waals surface area (Å²) in [5.74, 6) is -0.321. The molecule has 168 valence electrons. The van der Waals surface area contributed by atoms with Gasteiger partial charge in [0.15, 0.2) is 5.78 Å². The molecule has 1 N–H and O–H groups in total. The van der Waals surface area contributed by atoms with Gasteiger partial charge in [0.1, 0.15) is 17.7 Å². The molecule has 0 bridgehead atoms. The first-order valence-electron chi connectivity index (χ1n) is 11.3. The number of H-pyrrole nitrogens is 1. The van der Waals surface area contributed by atoms with Gasteiger partial charge in [0.05, 0.1) is 12.5 Å². The lowest BCUT2D eigenvalue weighted by Crippen LogP contribution is -2.16. The highest BCUT2D eigenvalue weighted by Crippen LogP contribution is 2.46. The summed E-state index contributed by atoms with van der Waals surface area (Å²) in [6, 6.07) is 21.5. The molecule has 2 aromatic heterocycles. The summed E-state index contributed by atoms with van der Waals surface area (Å²) in [5.41, 5.74) is 4.43. The number of aromatic amines is 1. The van der Waals surface area contributed by atoms with E-state index in [4.69, 9.17) is 4.74 Å². The molecule has 0 amide bonds. The number of nitrogens with one attached hydrogen (secondary N) is 1. The van der Waals surface area contributed by atoms with E-state index < -0.39 is 5.41 Å². The number of carbonyl (C=O) groups is 2. The van der Waals surface area contributed by atoms with Crippen LogP contribution in [0, 0.1) is 16.7 Å². The fraction of sp³-hybridized carbons (Fsp3) is 0.214. The molecule has 6 heteroatoms. The minimum Gasteiger partial charge on any atom is -0.461 e. The smallest absolute Gasteiger partial charge is 0.310 e. The number of carbonyl (C=O) groups excluding carboxylic acids is 2. The van der Waals surface area contributed by atoms with E-state index in [0.29, 0.717) is 12.8 Å². The van der Waals surface area contributed by atoms with Crippen molar-refractivity contribution in [1.82, 2.24) is 9.97 Å². The Bertz CT molecular complexity index is 1410. The van der Waals surface area contributed by atoms with Crippen LogP contribution in [0.1, 0.15) is 29.5 Å². The number of pyridine rings is 1. The number of rotatable bonds is 8. The Labute approximate surface area is 197 Å². The van der Waals surface area contributed by atoms with Crippen LogP contribution in [0.5, 0.6) is 0 Å². The molecule has 0 atom stereocenters. The number of ketones is 1. The van der Waals surface area contributed by atoms with E-state index in [0.717, 1.165) is 38.9 Å². The van der Waals surface area contributed by atoms with E-state index in [1.54, 1.807) is 6.20 Å². The maximum Gasteiger partial charge on any atom is 0.310 e. The number of ether oxygens (including phenoxy) is 1. The first-order chi connectivity index (χ1) is 16.6. The summed E-state index contributed by atoms with van der Waals surface area (Å²) in [6.07, 6.45) is 5.26. The monoisotopic (exact) mass is 449 g/mol. The summed E-state index contributed by atoms with van der Waals surface area (Å²) < 4.78 is 5.41. The Morgan fingerprint density at radius 2 is 1.79 bits per heavy atom. The number of aromatic nitrogens is 2. The van der Waals surface area contributed by atoms with Gasteiger partial charge in [-0.1, -0.05) is 54.6 Å². The van der Waals surface area contributed by atoms with Gasteiger partial charge in [-0.3, -0.25) is 9.59 Å². The Morgan fingerprint density at radius 1 is 1.00 bits per heavy atom. The van der Waals surface area contributed by atoms with Crippen LogP contribution in [0.25, 0.3) is 22.2 Å². The molecular weight excluding hydrogens is 426 g/mol. The predicted octanol–water partition coefficient (Wildman–Crippen LogP) is 4.93. The highest BCUT2D eigenvalue weighted by atomic mass is 16.5. The molecule has 0 saturated heterocycles. The molecule has 6 nitrogen and oxygen atoms in total. The number of fused-ring (bicyclic) bond motifs is 1. The van der Waals surface area contributed by atoms with Crippen LogP contribution >= 0.6 is 0 Å². The number of hydrogen-bond donors (Lipinski definition) is 1. The molecule has 1 fully saturated rings. The minimum atomic E-state index is -0.773. The summed E-state index contributed by atoms with van der Waals surface area (Å²) >= 11 is 0. The van der Waals surface area contributed by atoms with E-state index in [-0.39, 0.29) is 31.2 Å². The summed E-state index contributed by atoms with van der Waals surface area (Å²) in [6.45, 7) is 0.239. The SMILES string of the molecule is N#CC1(C(=O)Cc2cccc(-c3c[nH]c4ncc(CC(=O)OCc5ccccc5)cc34)c2)CC1. The molecule has 4 aromatic rings. The maximum atomic E-state index is 12.5. The van der Waals surface area contributed by atoms with E-state index in [1.807, 2.05) is 66.9 Å². The first-order valence-corrected chi connectivity index (χ1v) is 11.3. The largest absolute Gasteiger partial charge is 0.461 e. The third-order valence-corrected chi connectivity index (χ3v) is 6.28. The van der Waals surface area contributed by atoms with Gasteiger partial charge in [0.25, 0.3) is 0 Å². The third kappa shape index (κ3) is 4.46. The van der Waals surface area contributed by atoms with Crippen LogP contribution in [0.3, 0.4) is 0 Å². The Kier molecular flexibility index (Phi) is 5.69. The van der Waals surface area contributed by atoms with Crippen molar-refractivity contribution in [2.24, 2.45) is 5.41 Å². The standard InChI is InChI=1S/C28H23N3O3/c29-18-28(9-10-28)25(32)13-20-7-4-8-22(11-20)24-16-31-27-23(24)12-21(15-30-27)14-26(33)34-17-19-5-2-1-3-6-19/h1-8,11-12,15-16H,9-10,13-14,17H2,(H,30,31). The molecule has 1 saturated carbocycles. The molecule has 2 heterocycles. The topological polar surface area (TPSA) is 95.8 Å². The maximum absolute atomic E-state index is 12.5. The summed E-state index contributed by atoms with van der Waals surface area (Å²) in [7, 11) is 0. The second-order valence-corrected chi connectivity index (χ2v) is 8.76. The van der Waals surface area contributed by atoms with Gasteiger partial charge in [-0.25, -0.2) is 4.98 Å². The average molecular weight is 450 g/mol. The van der Waals surface area contributed by atoms with Gasteiger partial charge in [-0.05, 0) is 41.2 Å². The van der Waals surface area contributed by atoms with Crippen LogP contribution in [0.15, 0.2) is 73.1 Å². The second-order valence-electron chi connectivity index (χ2n) is 8.76.